The van der Waals surface area contributed by atoms with Crippen LogP contribution in [0.5, 0.6) is 0 Å². The lowest BCUT2D eigenvalue weighted by Gasteiger charge is -2.09. The molecule has 0 aliphatic carbocycles. The van der Waals surface area contributed by atoms with Gasteiger partial charge in [0, 0.05) is 19.0 Å². The molecule has 0 fully saturated rings. The first-order valence-electron chi connectivity index (χ1n) is 3.51. The first-order chi connectivity index (χ1) is 4.85. The van der Waals surface area contributed by atoms with Gasteiger partial charge in [-0.3, -0.25) is 0 Å². The summed E-state index contributed by atoms with van der Waals surface area (Å²) in [7, 11) is 1.74. The second kappa shape index (κ2) is 7.29. The zero-order valence-electron chi connectivity index (χ0n) is 6.48. The maximum absolute atomic E-state index is 4.97. The highest BCUT2D eigenvalue weighted by atomic mass is 79.9. The number of allylic oxidation sites excluding steroid dienone is 1. The monoisotopic (exact) mass is 206 g/mol. The van der Waals surface area contributed by atoms with E-state index in [0.29, 0.717) is 5.92 Å². The Kier molecular flexibility index (Phi) is 7.42. The van der Waals surface area contributed by atoms with E-state index in [-0.39, 0.29) is 0 Å². The molecule has 0 aromatic carbocycles. The Morgan fingerprint density at radius 3 is 2.80 bits per heavy atom. The molecule has 0 aromatic rings. The van der Waals surface area contributed by atoms with Crippen molar-refractivity contribution in [2.45, 2.75) is 12.8 Å². The molecule has 0 N–H and O–H groups in total. The molecule has 1 nitrogen and oxygen atoms in total. The van der Waals surface area contributed by atoms with Crippen LogP contribution in [0.1, 0.15) is 12.8 Å². The van der Waals surface area contributed by atoms with Gasteiger partial charge in [0.05, 0.1) is 0 Å². The molecule has 10 heavy (non-hydrogen) atoms. The zero-order valence-corrected chi connectivity index (χ0v) is 8.06. The van der Waals surface area contributed by atoms with Gasteiger partial charge in [0.15, 0.2) is 0 Å². The minimum absolute atomic E-state index is 0.692. The van der Waals surface area contributed by atoms with E-state index in [0.717, 1.165) is 24.8 Å². The summed E-state index contributed by atoms with van der Waals surface area (Å²) in [6.07, 6.45) is 4.16. The molecular formula is C8H15BrO. The maximum atomic E-state index is 4.97. The van der Waals surface area contributed by atoms with Crippen LogP contribution in [0.25, 0.3) is 0 Å². The van der Waals surface area contributed by atoms with Crippen LogP contribution in [0.4, 0.5) is 0 Å². The van der Waals surface area contributed by atoms with E-state index < -0.39 is 0 Å². The smallest absolute Gasteiger partial charge is 0.0465 e. The third-order valence-corrected chi connectivity index (χ3v) is 2.36. The highest BCUT2D eigenvalue weighted by molar-refractivity contribution is 9.09. The molecule has 0 spiro atoms. The minimum Gasteiger partial charge on any atom is -0.385 e. The van der Waals surface area contributed by atoms with Gasteiger partial charge in [0.1, 0.15) is 0 Å². The van der Waals surface area contributed by atoms with E-state index in [1.807, 2.05) is 6.08 Å². The second-order valence-corrected chi connectivity index (χ2v) is 2.97. The van der Waals surface area contributed by atoms with Crippen molar-refractivity contribution in [3.05, 3.63) is 12.7 Å². The van der Waals surface area contributed by atoms with Gasteiger partial charge in [-0.05, 0) is 18.8 Å². The van der Waals surface area contributed by atoms with Crippen LogP contribution in [0.15, 0.2) is 12.7 Å². The molecule has 0 rings (SSSR count). The quantitative estimate of drug-likeness (QED) is 0.480. The lowest BCUT2D eigenvalue weighted by molar-refractivity contribution is 0.181. The SMILES string of the molecule is C=CCC(CBr)CCOC. The Morgan fingerprint density at radius 2 is 2.40 bits per heavy atom. The van der Waals surface area contributed by atoms with Crippen molar-refractivity contribution >= 4 is 15.9 Å². The van der Waals surface area contributed by atoms with Gasteiger partial charge in [-0.15, -0.1) is 6.58 Å². The van der Waals surface area contributed by atoms with Crippen LogP contribution < -0.4 is 0 Å². The zero-order chi connectivity index (χ0) is 7.82. The maximum Gasteiger partial charge on any atom is 0.0465 e. The first-order valence-corrected chi connectivity index (χ1v) is 4.63. The number of alkyl halides is 1. The molecule has 0 bridgehead atoms. The molecule has 0 radical (unpaired) electrons. The Bertz CT molecular complexity index is 83.3. The van der Waals surface area contributed by atoms with Gasteiger partial charge in [0.2, 0.25) is 0 Å². The first kappa shape index (κ1) is 10.2. The van der Waals surface area contributed by atoms with Crippen LogP contribution in [-0.2, 0) is 4.74 Å². The van der Waals surface area contributed by atoms with E-state index in [1.165, 1.54) is 0 Å². The molecule has 0 heterocycles. The molecule has 0 saturated heterocycles. The van der Waals surface area contributed by atoms with Gasteiger partial charge >= 0.3 is 0 Å². The molecule has 60 valence electrons. The fourth-order valence-electron chi connectivity index (χ4n) is 0.778. The Balaban J connectivity index is 3.29. The van der Waals surface area contributed by atoms with Crippen LogP contribution >= 0.6 is 15.9 Å². The minimum atomic E-state index is 0.692. The van der Waals surface area contributed by atoms with Crippen LogP contribution in [-0.4, -0.2) is 19.0 Å². The van der Waals surface area contributed by atoms with Crippen molar-refractivity contribution in [3.63, 3.8) is 0 Å². The Labute approximate surface area is 71.6 Å². The molecular weight excluding hydrogens is 192 g/mol. The summed E-state index contributed by atoms with van der Waals surface area (Å²) in [5.74, 6) is 0.692. The van der Waals surface area contributed by atoms with Crippen LogP contribution in [0.2, 0.25) is 0 Å². The van der Waals surface area contributed by atoms with Gasteiger partial charge in [-0.1, -0.05) is 22.0 Å². The third-order valence-electron chi connectivity index (χ3n) is 1.45. The number of halogens is 1. The van der Waals surface area contributed by atoms with Crippen molar-refractivity contribution in [2.24, 2.45) is 5.92 Å². The normalized spacial score (nSPS) is 13.0. The lowest BCUT2D eigenvalue weighted by atomic mass is 10.1. The molecule has 1 atom stereocenters. The third kappa shape index (κ3) is 5.00. The van der Waals surface area contributed by atoms with E-state index in [2.05, 4.69) is 22.5 Å². The van der Waals surface area contributed by atoms with Gasteiger partial charge in [-0.25, -0.2) is 0 Å². The topological polar surface area (TPSA) is 9.23 Å². The standard InChI is InChI=1S/C8H15BrO/c1-3-4-8(7-9)5-6-10-2/h3,8H,1,4-7H2,2H3. The Hall–Kier alpha value is 0.180. The molecule has 0 aliphatic heterocycles. The van der Waals surface area contributed by atoms with Crippen molar-refractivity contribution in [1.82, 2.24) is 0 Å². The van der Waals surface area contributed by atoms with E-state index in [9.17, 15) is 0 Å². The van der Waals surface area contributed by atoms with Crippen molar-refractivity contribution in [1.29, 1.82) is 0 Å². The molecule has 1 unspecified atom stereocenters. The summed E-state index contributed by atoms with van der Waals surface area (Å²) in [4.78, 5) is 0. The second-order valence-electron chi connectivity index (χ2n) is 2.33. The number of hydrogen-bond acceptors (Lipinski definition) is 1. The fourth-order valence-corrected chi connectivity index (χ4v) is 1.37. The van der Waals surface area contributed by atoms with Gasteiger partial charge in [0.25, 0.3) is 0 Å². The summed E-state index contributed by atoms with van der Waals surface area (Å²) >= 11 is 3.44. The number of hydrogen-bond donors (Lipinski definition) is 0. The molecule has 0 aliphatic rings. The summed E-state index contributed by atoms with van der Waals surface area (Å²) in [5.41, 5.74) is 0. The average Bonchev–Trinajstić information content (AvgIpc) is 1.98. The molecule has 2 heteroatoms. The highest BCUT2D eigenvalue weighted by Gasteiger charge is 2.02. The van der Waals surface area contributed by atoms with Gasteiger partial charge in [-0.2, -0.15) is 0 Å². The predicted molar refractivity (Wildman–Crippen MR) is 48.6 cm³/mol. The van der Waals surface area contributed by atoms with Gasteiger partial charge < -0.3 is 4.74 Å². The van der Waals surface area contributed by atoms with Crippen LogP contribution in [0, 0.1) is 5.92 Å². The summed E-state index contributed by atoms with van der Waals surface area (Å²) < 4.78 is 4.97. The van der Waals surface area contributed by atoms with Crippen molar-refractivity contribution in [3.8, 4) is 0 Å². The predicted octanol–water partition coefficient (Wildman–Crippen LogP) is 2.61. The fraction of sp³-hybridized carbons (Fsp3) is 0.750. The average molecular weight is 207 g/mol. The lowest BCUT2D eigenvalue weighted by Crippen LogP contribution is -2.04. The van der Waals surface area contributed by atoms with E-state index in [1.54, 1.807) is 7.11 Å². The summed E-state index contributed by atoms with van der Waals surface area (Å²) in [6, 6.07) is 0. The summed E-state index contributed by atoms with van der Waals surface area (Å²) in [6.45, 7) is 4.55. The molecule has 0 aromatic heterocycles. The van der Waals surface area contributed by atoms with Crippen molar-refractivity contribution < 1.29 is 4.74 Å². The number of rotatable bonds is 6. The van der Waals surface area contributed by atoms with E-state index >= 15 is 0 Å². The largest absolute Gasteiger partial charge is 0.385 e. The number of methoxy groups -OCH3 is 1. The highest BCUT2D eigenvalue weighted by Crippen LogP contribution is 2.11. The Morgan fingerprint density at radius 1 is 1.70 bits per heavy atom. The summed E-state index contributed by atoms with van der Waals surface area (Å²) in [5, 5.41) is 1.04. The molecule has 0 amide bonds. The van der Waals surface area contributed by atoms with Crippen LogP contribution in [0.3, 0.4) is 0 Å². The van der Waals surface area contributed by atoms with Crippen molar-refractivity contribution in [2.75, 3.05) is 19.0 Å². The van der Waals surface area contributed by atoms with E-state index in [4.69, 9.17) is 4.74 Å². The number of ether oxygens (including phenoxy) is 1. The molecule has 0 saturated carbocycles.